The van der Waals surface area contributed by atoms with Gasteiger partial charge in [0, 0.05) is 24.9 Å². The van der Waals surface area contributed by atoms with E-state index in [1.165, 1.54) is 11.1 Å². The summed E-state index contributed by atoms with van der Waals surface area (Å²) in [5.74, 6) is 0.237. The van der Waals surface area contributed by atoms with Gasteiger partial charge >= 0.3 is 0 Å². The summed E-state index contributed by atoms with van der Waals surface area (Å²) in [5.41, 5.74) is 8.19. The smallest absolute Gasteiger partial charge is 0.222 e. The minimum atomic E-state index is -0.0807. The van der Waals surface area contributed by atoms with Crippen molar-refractivity contribution in [3.63, 3.8) is 0 Å². The first-order valence-electron chi connectivity index (χ1n) is 7.54. The largest absolute Gasteiger partial charge is 0.393 e. The first kappa shape index (κ1) is 16.0. The molecule has 0 spiro atoms. The van der Waals surface area contributed by atoms with E-state index in [1.807, 2.05) is 11.0 Å². The Labute approximate surface area is 132 Å². The van der Waals surface area contributed by atoms with E-state index in [1.54, 1.807) is 0 Å². The van der Waals surface area contributed by atoms with Gasteiger partial charge in [-0.05, 0) is 31.7 Å². The molecule has 114 valence electrons. The van der Waals surface area contributed by atoms with E-state index in [0.717, 1.165) is 32.4 Å². The second-order valence-electron chi connectivity index (χ2n) is 6.29. The van der Waals surface area contributed by atoms with Crippen LogP contribution in [0, 0.1) is 12.3 Å². The molecular formula is C17H24N2OS. The van der Waals surface area contributed by atoms with E-state index in [4.69, 9.17) is 18.0 Å². The zero-order chi connectivity index (χ0) is 15.5. The number of aryl methyl sites for hydroxylation is 2. The summed E-state index contributed by atoms with van der Waals surface area (Å²) in [4.78, 5) is 14.8. The topological polar surface area (TPSA) is 46.3 Å². The Morgan fingerprint density at radius 2 is 2.05 bits per heavy atom. The second kappa shape index (κ2) is 6.56. The van der Waals surface area contributed by atoms with Crippen LogP contribution in [0.5, 0.6) is 0 Å². The second-order valence-corrected chi connectivity index (χ2v) is 6.73. The first-order chi connectivity index (χ1) is 9.90. The molecule has 0 aromatic heterocycles. The van der Waals surface area contributed by atoms with Gasteiger partial charge in [0.1, 0.15) is 0 Å². The van der Waals surface area contributed by atoms with Crippen LogP contribution in [-0.4, -0.2) is 28.9 Å². The average molecular weight is 304 g/mol. The van der Waals surface area contributed by atoms with Crippen molar-refractivity contribution in [2.45, 2.75) is 39.5 Å². The van der Waals surface area contributed by atoms with Gasteiger partial charge in [0.2, 0.25) is 5.91 Å². The third kappa shape index (κ3) is 4.03. The molecule has 1 heterocycles. The average Bonchev–Trinajstić information content (AvgIpc) is 2.45. The zero-order valence-corrected chi connectivity index (χ0v) is 13.7. The van der Waals surface area contributed by atoms with Gasteiger partial charge in [-0.15, -0.1) is 0 Å². The Kier molecular flexibility index (Phi) is 4.99. The molecule has 0 unspecified atom stereocenters. The molecule has 1 aromatic carbocycles. The minimum Gasteiger partial charge on any atom is -0.393 e. The van der Waals surface area contributed by atoms with E-state index in [2.05, 4.69) is 32.0 Å². The lowest BCUT2D eigenvalue weighted by atomic mass is 9.80. The number of hydrogen-bond donors (Lipinski definition) is 1. The van der Waals surface area contributed by atoms with Crippen molar-refractivity contribution < 1.29 is 4.79 Å². The highest BCUT2D eigenvalue weighted by atomic mass is 32.1. The highest BCUT2D eigenvalue weighted by molar-refractivity contribution is 7.80. The number of carbonyl (C=O) groups is 1. The van der Waals surface area contributed by atoms with Crippen LogP contribution in [0.15, 0.2) is 24.3 Å². The molecule has 1 aliphatic heterocycles. The maximum absolute atomic E-state index is 12.3. The number of nitrogens with two attached hydrogens (primary N) is 1. The predicted molar refractivity (Wildman–Crippen MR) is 90.2 cm³/mol. The molecule has 0 radical (unpaired) electrons. The van der Waals surface area contributed by atoms with Gasteiger partial charge in [-0.3, -0.25) is 4.79 Å². The molecule has 0 aliphatic carbocycles. The maximum atomic E-state index is 12.3. The summed E-state index contributed by atoms with van der Waals surface area (Å²) < 4.78 is 0. The highest BCUT2D eigenvalue weighted by Crippen LogP contribution is 2.31. The van der Waals surface area contributed by atoms with E-state index in [9.17, 15) is 4.79 Å². The van der Waals surface area contributed by atoms with Crippen LogP contribution in [0.25, 0.3) is 0 Å². The third-order valence-electron chi connectivity index (χ3n) is 4.52. The van der Waals surface area contributed by atoms with E-state index in [0.29, 0.717) is 11.4 Å². The molecule has 1 amide bonds. The number of nitrogens with zero attached hydrogens (tertiary/aromatic N) is 1. The van der Waals surface area contributed by atoms with Crippen molar-refractivity contribution in [3.05, 3.63) is 35.4 Å². The molecule has 1 aromatic rings. The summed E-state index contributed by atoms with van der Waals surface area (Å²) in [5, 5.41) is 0. The van der Waals surface area contributed by atoms with Gasteiger partial charge in [-0.25, -0.2) is 0 Å². The van der Waals surface area contributed by atoms with Crippen molar-refractivity contribution >= 4 is 23.1 Å². The Morgan fingerprint density at radius 1 is 1.38 bits per heavy atom. The summed E-state index contributed by atoms with van der Waals surface area (Å²) in [6, 6.07) is 8.35. The Balaban J connectivity index is 1.84. The predicted octanol–water partition coefficient (Wildman–Crippen LogP) is 2.84. The summed E-state index contributed by atoms with van der Waals surface area (Å²) in [6.45, 7) is 5.71. The Hall–Kier alpha value is -1.42. The van der Waals surface area contributed by atoms with Crippen molar-refractivity contribution in [2.24, 2.45) is 11.1 Å². The van der Waals surface area contributed by atoms with Gasteiger partial charge in [-0.2, -0.15) is 0 Å². The number of hydrogen-bond acceptors (Lipinski definition) is 2. The van der Waals surface area contributed by atoms with Crippen LogP contribution in [0.2, 0.25) is 0 Å². The van der Waals surface area contributed by atoms with Crippen molar-refractivity contribution in [1.29, 1.82) is 0 Å². The van der Waals surface area contributed by atoms with Crippen LogP contribution >= 0.6 is 12.2 Å². The number of benzene rings is 1. The Bertz CT molecular complexity index is 533. The lowest BCUT2D eigenvalue weighted by Crippen LogP contribution is -2.46. The van der Waals surface area contributed by atoms with Gasteiger partial charge in [0.15, 0.2) is 0 Å². The fraction of sp³-hybridized carbons (Fsp3) is 0.529. The van der Waals surface area contributed by atoms with E-state index < -0.39 is 0 Å². The van der Waals surface area contributed by atoms with E-state index in [-0.39, 0.29) is 11.3 Å². The van der Waals surface area contributed by atoms with Gasteiger partial charge in [-0.1, -0.05) is 49.0 Å². The molecule has 1 aliphatic rings. The van der Waals surface area contributed by atoms with E-state index >= 15 is 0 Å². The molecule has 21 heavy (non-hydrogen) atoms. The molecule has 2 N–H and O–H groups in total. The fourth-order valence-corrected chi connectivity index (χ4v) is 2.98. The molecule has 3 nitrogen and oxygen atoms in total. The molecule has 1 fully saturated rings. The third-order valence-corrected chi connectivity index (χ3v) is 5.02. The molecular weight excluding hydrogens is 280 g/mol. The van der Waals surface area contributed by atoms with Crippen molar-refractivity contribution in [1.82, 2.24) is 4.90 Å². The maximum Gasteiger partial charge on any atom is 0.222 e. The number of piperidine rings is 1. The summed E-state index contributed by atoms with van der Waals surface area (Å²) in [7, 11) is 0. The lowest BCUT2D eigenvalue weighted by Gasteiger charge is -2.38. The van der Waals surface area contributed by atoms with Gasteiger partial charge in [0.05, 0.1) is 4.99 Å². The first-order valence-corrected chi connectivity index (χ1v) is 7.95. The van der Waals surface area contributed by atoms with Crippen LogP contribution in [0.3, 0.4) is 0 Å². The molecule has 1 saturated heterocycles. The summed E-state index contributed by atoms with van der Waals surface area (Å²) >= 11 is 5.13. The number of rotatable bonds is 4. The van der Waals surface area contributed by atoms with Gasteiger partial charge < -0.3 is 10.6 Å². The van der Waals surface area contributed by atoms with Crippen LogP contribution in [0.1, 0.15) is 37.3 Å². The fourth-order valence-electron chi connectivity index (χ4n) is 2.77. The van der Waals surface area contributed by atoms with Crippen LogP contribution < -0.4 is 5.73 Å². The van der Waals surface area contributed by atoms with Crippen molar-refractivity contribution in [2.75, 3.05) is 13.1 Å². The zero-order valence-electron chi connectivity index (χ0n) is 12.9. The van der Waals surface area contributed by atoms with Crippen LogP contribution in [0.4, 0.5) is 0 Å². The number of amides is 1. The lowest BCUT2D eigenvalue weighted by molar-refractivity contribution is -0.132. The van der Waals surface area contributed by atoms with Crippen molar-refractivity contribution in [3.8, 4) is 0 Å². The standard InChI is InChI=1S/C17H24N2OS/c1-13-4-3-5-14(12-13)6-7-15(20)19-10-8-17(2,9-11-19)16(18)21/h3-5,12H,6-11H2,1-2H3,(H2,18,21). The minimum absolute atomic E-state index is 0.0807. The SMILES string of the molecule is Cc1cccc(CCC(=O)N2CCC(C)(C(N)=S)CC2)c1. The highest BCUT2D eigenvalue weighted by Gasteiger charge is 2.33. The van der Waals surface area contributed by atoms with Crippen LogP contribution in [-0.2, 0) is 11.2 Å². The number of thiocarbonyl (C=S) groups is 1. The normalized spacial score (nSPS) is 17.5. The molecule has 0 bridgehead atoms. The van der Waals surface area contributed by atoms with Gasteiger partial charge in [0.25, 0.3) is 0 Å². The monoisotopic (exact) mass is 304 g/mol. The molecule has 2 rings (SSSR count). The molecule has 0 atom stereocenters. The molecule has 4 heteroatoms. The Morgan fingerprint density at radius 3 is 2.62 bits per heavy atom. The number of likely N-dealkylation sites (tertiary alicyclic amines) is 1. The number of carbonyl (C=O) groups excluding carboxylic acids is 1. The molecule has 0 saturated carbocycles. The quantitative estimate of drug-likeness (QED) is 0.870. The summed E-state index contributed by atoms with van der Waals surface area (Å²) in [6.07, 6.45) is 3.13.